The third-order valence-corrected chi connectivity index (χ3v) is 3.62. The van der Waals surface area contributed by atoms with Crippen LogP contribution in [0.25, 0.3) is 21.9 Å². The molecule has 102 valence electrons. The first-order chi connectivity index (χ1) is 10.2. The Morgan fingerprint density at radius 3 is 2.76 bits per heavy atom. The van der Waals surface area contributed by atoms with Gasteiger partial charge in [0, 0.05) is 10.8 Å². The van der Waals surface area contributed by atoms with Crippen molar-refractivity contribution < 1.29 is 13.6 Å². The van der Waals surface area contributed by atoms with E-state index in [1.54, 1.807) is 6.07 Å². The molecule has 0 spiro atoms. The predicted molar refractivity (Wildman–Crippen MR) is 80.6 cm³/mol. The molecule has 0 aliphatic heterocycles. The van der Waals surface area contributed by atoms with Gasteiger partial charge in [0.25, 0.3) is 0 Å². The summed E-state index contributed by atoms with van der Waals surface area (Å²) in [7, 11) is 0. The van der Waals surface area contributed by atoms with Crippen molar-refractivity contribution in [3.63, 3.8) is 0 Å². The Balaban J connectivity index is 1.86. The van der Waals surface area contributed by atoms with Crippen LogP contribution in [0.2, 0.25) is 0 Å². The number of rotatable bonds is 2. The molecule has 2 aromatic carbocycles. The van der Waals surface area contributed by atoms with Crippen molar-refractivity contribution in [1.29, 1.82) is 0 Å². The van der Waals surface area contributed by atoms with E-state index < -0.39 is 0 Å². The molecule has 0 unspecified atom stereocenters. The van der Waals surface area contributed by atoms with Crippen molar-refractivity contribution in [2.24, 2.45) is 0 Å². The van der Waals surface area contributed by atoms with Crippen LogP contribution in [0.3, 0.4) is 0 Å². The lowest BCUT2D eigenvalue weighted by Gasteiger charge is -1.93. The molecule has 3 nitrogen and oxygen atoms in total. The maximum atomic E-state index is 12.6. The van der Waals surface area contributed by atoms with Gasteiger partial charge in [0.05, 0.1) is 5.56 Å². The molecule has 21 heavy (non-hydrogen) atoms. The van der Waals surface area contributed by atoms with Gasteiger partial charge >= 0.3 is 0 Å². The van der Waals surface area contributed by atoms with Gasteiger partial charge in [-0.2, -0.15) is 0 Å². The van der Waals surface area contributed by atoms with Gasteiger partial charge in [0.2, 0.25) is 5.78 Å². The minimum Gasteiger partial charge on any atom is -0.464 e. The Morgan fingerprint density at radius 2 is 1.86 bits per heavy atom. The number of furan rings is 2. The van der Waals surface area contributed by atoms with Crippen LogP contribution in [-0.2, 0) is 0 Å². The number of aryl methyl sites for hydroxylation is 1. The standard InChI is InChI=1S/C18H12O3/c1-11-6-7-15-12(8-11)9-17(21-15)18(19)14-10-20-16-5-3-2-4-13(14)16/h2-10H,1H3. The van der Waals surface area contributed by atoms with E-state index in [2.05, 4.69) is 0 Å². The molecule has 3 heteroatoms. The highest BCUT2D eigenvalue weighted by Crippen LogP contribution is 2.26. The lowest BCUT2D eigenvalue weighted by atomic mass is 10.1. The SMILES string of the molecule is Cc1ccc2oc(C(=O)c3coc4ccccc34)cc2c1. The Morgan fingerprint density at radius 1 is 1.00 bits per heavy atom. The van der Waals surface area contributed by atoms with Gasteiger partial charge in [-0.3, -0.25) is 4.79 Å². The fourth-order valence-electron chi connectivity index (χ4n) is 2.56. The van der Waals surface area contributed by atoms with Gasteiger partial charge in [0.1, 0.15) is 17.4 Å². The van der Waals surface area contributed by atoms with E-state index in [0.29, 0.717) is 16.9 Å². The molecule has 0 bridgehead atoms. The molecule has 0 fully saturated rings. The quantitative estimate of drug-likeness (QED) is 0.497. The summed E-state index contributed by atoms with van der Waals surface area (Å²) < 4.78 is 11.1. The van der Waals surface area contributed by atoms with Gasteiger partial charge in [-0.1, -0.05) is 29.8 Å². The lowest BCUT2D eigenvalue weighted by Crippen LogP contribution is -1.97. The van der Waals surface area contributed by atoms with E-state index in [1.807, 2.05) is 49.4 Å². The van der Waals surface area contributed by atoms with Crippen LogP contribution in [0.4, 0.5) is 0 Å². The minimum atomic E-state index is -0.159. The number of carbonyl (C=O) groups excluding carboxylic acids is 1. The van der Waals surface area contributed by atoms with Gasteiger partial charge in [-0.15, -0.1) is 0 Å². The number of para-hydroxylation sites is 1. The van der Waals surface area contributed by atoms with Crippen molar-refractivity contribution in [3.05, 3.63) is 71.7 Å². The second kappa shape index (κ2) is 4.35. The fraction of sp³-hybridized carbons (Fsp3) is 0.0556. The van der Waals surface area contributed by atoms with Crippen molar-refractivity contribution in [2.75, 3.05) is 0 Å². The Hall–Kier alpha value is -2.81. The average molecular weight is 276 g/mol. The fourth-order valence-corrected chi connectivity index (χ4v) is 2.56. The van der Waals surface area contributed by atoms with Crippen molar-refractivity contribution in [1.82, 2.24) is 0 Å². The minimum absolute atomic E-state index is 0.159. The summed E-state index contributed by atoms with van der Waals surface area (Å²) in [5.41, 5.74) is 3.09. The van der Waals surface area contributed by atoms with E-state index in [4.69, 9.17) is 8.83 Å². The van der Waals surface area contributed by atoms with Crippen LogP contribution < -0.4 is 0 Å². The van der Waals surface area contributed by atoms with Gasteiger partial charge in [-0.05, 0) is 31.2 Å². The Kier molecular flexibility index (Phi) is 2.48. The lowest BCUT2D eigenvalue weighted by molar-refractivity contribution is 0.101. The molecule has 0 radical (unpaired) electrons. The van der Waals surface area contributed by atoms with E-state index in [9.17, 15) is 4.79 Å². The molecule has 0 N–H and O–H groups in total. The third-order valence-electron chi connectivity index (χ3n) is 3.62. The first-order valence-electron chi connectivity index (χ1n) is 6.73. The second-order valence-corrected chi connectivity index (χ2v) is 5.13. The number of hydrogen-bond acceptors (Lipinski definition) is 3. The van der Waals surface area contributed by atoms with Crippen LogP contribution in [0, 0.1) is 6.92 Å². The maximum Gasteiger partial charge on any atom is 0.232 e. The summed E-state index contributed by atoms with van der Waals surface area (Å²) in [6.45, 7) is 2.01. The summed E-state index contributed by atoms with van der Waals surface area (Å²) in [6, 6.07) is 15.1. The first-order valence-corrected chi connectivity index (χ1v) is 6.73. The summed E-state index contributed by atoms with van der Waals surface area (Å²) in [5.74, 6) is 0.177. The monoisotopic (exact) mass is 276 g/mol. The molecular weight excluding hydrogens is 264 g/mol. The second-order valence-electron chi connectivity index (χ2n) is 5.13. The van der Waals surface area contributed by atoms with Crippen LogP contribution >= 0.6 is 0 Å². The van der Waals surface area contributed by atoms with E-state index >= 15 is 0 Å². The molecule has 0 amide bonds. The molecule has 4 aromatic rings. The summed E-state index contributed by atoms with van der Waals surface area (Å²) in [4.78, 5) is 12.6. The van der Waals surface area contributed by atoms with E-state index in [0.717, 1.165) is 21.9 Å². The molecular formula is C18H12O3. The van der Waals surface area contributed by atoms with E-state index in [-0.39, 0.29) is 5.78 Å². The van der Waals surface area contributed by atoms with Crippen molar-refractivity contribution >= 4 is 27.7 Å². The van der Waals surface area contributed by atoms with Crippen LogP contribution in [-0.4, -0.2) is 5.78 Å². The number of fused-ring (bicyclic) bond motifs is 2. The molecule has 0 aliphatic carbocycles. The molecule has 0 atom stereocenters. The zero-order chi connectivity index (χ0) is 14.4. The highest BCUT2D eigenvalue weighted by Gasteiger charge is 2.19. The molecule has 0 saturated heterocycles. The zero-order valence-electron chi connectivity index (χ0n) is 11.4. The van der Waals surface area contributed by atoms with Crippen LogP contribution in [0.5, 0.6) is 0 Å². The number of ketones is 1. The Labute approximate surface area is 120 Å². The van der Waals surface area contributed by atoms with Crippen LogP contribution in [0.15, 0.2) is 63.6 Å². The van der Waals surface area contributed by atoms with Crippen LogP contribution in [0.1, 0.15) is 21.7 Å². The highest BCUT2D eigenvalue weighted by molar-refractivity contribution is 6.15. The van der Waals surface area contributed by atoms with Crippen molar-refractivity contribution in [2.45, 2.75) is 6.92 Å². The van der Waals surface area contributed by atoms with Gasteiger partial charge in [0.15, 0.2) is 5.76 Å². The largest absolute Gasteiger partial charge is 0.464 e. The van der Waals surface area contributed by atoms with Gasteiger partial charge < -0.3 is 8.83 Å². The van der Waals surface area contributed by atoms with Gasteiger partial charge in [-0.25, -0.2) is 0 Å². The molecule has 4 rings (SSSR count). The third kappa shape index (κ3) is 1.86. The highest BCUT2D eigenvalue weighted by atomic mass is 16.3. The number of hydrogen-bond donors (Lipinski definition) is 0. The predicted octanol–water partition coefficient (Wildman–Crippen LogP) is 4.72. The summed E-state index contributed by atoms with van der Waals surface area (Å²) in [5, 5.41) is 1.74. The first kappa shape index (κ1) is 12.0. The summed E-state index contributed by atoms with van der Waals surface area (Å²) in [6.07, 6.45) is 1.49. The average Bonchev–Trinajstić information content (AvgIpc) is 3.09. The molecule has 0 saturated carbocycles. The normalized spacial score (nSPS) is 11.3. The van der Waals surface area contributed by atoms with E-state index in [1.165, 1.54) is 6.26 Å². The summed E-state index contributed by atoms with van der Waals surface area (Å²) >= 11 is 0. The molecule has 2 heterocycles. The molecule has 0 aliphatic rings. The Bertz CT molecular complexity index is 972. The zero-order valence-corrected chi connectivity index (χ0v) is 11.4. The maximum absolute atomic E-state index is 12.6. The topological polar surface area (TPSA) is 43.4 Å². The number of carbonyl (C=O) groups is 1. The smallest absolute Gasteiger partial charge is 0.232 e. The number of benzene rings is 2. The van der Waals surface area contributed by atoms with Crippen molar-refractivity contribution in [3.8, 4) is 0 Å². The molecule has 2 aromatic heterocycles.